The van der Waals surface area contributed by atoms with Crippen LogP contribution in [0.1, 0.15) is 17.0 Å². The fourth-order valence-corrected chi connectivity index (χ4v) is 2.68. The zero-order valence-electron chi connectivity index (χ0n) is 16.1. The molecule has 0 bridgehead atoms. The molecule has 2 amide bonds. The highest BCUT2D eigenvalue weighted by atomic mass is 19.4. The van der Waals surface area contributed by atoms with Crippen molar-refractivity contribution in [1.82, 2.24) is 15.1 Å². The molecule has 1 heterocycles. The molecule has 2 N–H and O–H groups in total. The third-order valence-electron chi connectivity index (χ3n) is 4.13. The van der Waals surface area contributed by atoms with Gasteiger partial charge < -0.3 is 20.1 Å². The molecule has 0 atom stereocenters. The number of hydrogen-bond donors (Lipinski definition) is 2. The van der Waals surface area contributed by atoms with Gasteiger partial charge in [0, 0.05) is 31.0 Å². The van der Waals surface area contributed by atoms with Crippen LogP contribution in [-0.4, -0.2) is 42.2 Å². The van der Waals surface area contributed by atoms with Crippen LogP contribution in [-0.2, 0) is 13.5 Å². The van der Waals surface area contributed by atoms with Gasteiger partial charge in [-0.05, 0) is 38.0 Å². The van der Waals surface area contributed by atoms with Gasteiger partial charge in [-0.2, -0.15) is 18.3 Å². The highest BCUT2D eigenvalue weighted by Gasteiger charge is 2.29. The molecule has 28 heavy (non-hydrogen) atoms. The standard InChI is InChI=1S/C18H23F3N4O3/c1-11-14(12(2)25(3)24-11)7-8-22-17(26)23-13-5-6-15(27-4)16(9-13)28-10-18(19,20)21/h5-6,9H,7-8,10H2,1-4H3,(H2,22,23,26). The number of carbonyl (C=O) groups is 1. The largest absolute Gasteiger partial charge is 0.493 e. The molecule has 10 heteroatoms. The normalized spacial score (nSPS) is 11.2. The predicted molar refractivity (Wildman–Crippen MR) is 98.0 cm³/mol. The van der Waals surface area contributed by atoms with E-state index < -0.39 is 18.8 Å². The van der Waals surface area contributed by atoms with E-state index in [9.17, 15) is 18.0 Å². The summed E-state index contributed by atoms with van der Waals surface area (Å²) in [5, 5.41) is 9.59. The fraction of sp³-hybridized carbons (Fsp3) is 0.444. The van der Waals surface area contributed by atoms with E-state index in [2.05, 4.69) is 15.7 Å². The first-order valence-corrected chi connectivity index (χ1v) is 8.52. The first-order chi connectivity index (χ1) is 13.1. The molecule has 0 aliphatic carbocycles. The smallest absolute Gasteiger partial charge is 0.422 e. The van der Waals surface area contributed by atoms with Gasteiger partial charge in [0.2, 0.25) is 0 Å². The molecular formula is C18H23F3N4O3. The lowest BCUT2D eigenvalue weighted by molar-refractivity contribution is -0.153. The molecule has 2 aromatic rings. The summed E-state index contributed by atoms with van der Waals surface area (Å²) in [4.78, 5) is 12.1. The number of aryl methyl sites for hydroxylation is 2. The Balaban J connectivity index is 1.93. The minimum Gasteiger partial charge on any atom is -0.493 e. The summed E-state index contributed by atoms with van der Waals surface area (Å²) in [5.74, 6) is 0.0250. The third-order valence-corrected chi connectivity index (χ3v) is 4.13. The molecule has 7 nitrogen and oxygen atoms in total. The number of ether oxygens (including phenoxy) is 2. The van der Waals surface area contributed by atoms with Crippen LogP contribution >= 0.6 is 0 Å². The summed E-state index contributed by atoms with van der Waals surface area (Å²) in [6, 6.07) is 3.73. The maximum Gasteiger partial charge on any atom is 0.422 e. The number of alkyl halides is 3. The first-order valence-electron chi connectivity index (χ1n) is 8.52. The molecular weight excluding hydrogens is 377 g/mol. The molecule has 0 fully saturated rings. The topological polar surface area (TPSA) is 77.4 Å². The maximum atomic E-state index is 12.4. The van der Waals surface area contributed by atoms with Gasteiger partial charge in [-0.25, -0.2) is 4.79 Å². The van der Waals surface area contributed by atoms with E-state index >= 15 is 0 Å². The van der Waals surface area contributed by atoms with Crippen LogP contribution in [0.4, 0.5) is 23.7 Å². The zero-order valence-corrected chi connectivity index (χ0v) is 16.1. The van der Waals surface area contributed by atoms with Gasteiger partial charge in [-0.3, -0.25) is 4.68 Å². The van der Waals surface area contributed by atoms with Gasteiger partial charge in [0.25, 0.3) is 0 Å². The highest BCUT2D eigenvalue weighted by molar-refractivity contribution is 5.89. The Kier molecular flexibility index (Phi) is 6.76. The summed E-state index contributed by atoms with van der Waals surface area (Å²) in [7, 11) is 3.17. The molecule has 0 radical (unpaired) electrons. The third kappa shape index (κ3) is 5.80. The van der Waals surface area contributed by atoms with Crippen LogP contribution in [0.25, 0.3) is 0 Å². The Morgan fingerprint density at radius 3 is 2.54 bits per heavy atom. The number of methoxy groups -OCH3 is 1. The van der Waals surface area contributed by atoms with Crippen molar-refractivity contribution in [3.63, 3.8) is 0 Å². The van der Waals surface area contributed by atoms with Crippen molar-refractivity contribution in [2.75, 3.05) is 25.6 Å². The average molecular weight is 400 g/mol. The lowest BCUT2D eigenvalue weighted by Crippen LogP contribution is -2.30. The second-order valence-corrected chi connectivity index (χ2v) is 6.17. The first kappa shape index (κ1) is 21.4. The molecule has 154 valence electrons. The van der Waals surface area contributed by atoms with Gasteiger partial charge in [-0.15, -0.1) is 0 Å². The average Bonchev–Trinajstić information content (AvgIpc) is 2.85. The Morgan fingerprint density at radius 1 is 1.25 bits per heavy atom. The van der Waals surface area contributed by atoms with Crippen LogP contribution in [0.5, 0.6) is 11.5 Å². The van der Waals surface area contributed by atoms with E-state index in [4.69, 9.17) is 9.47 Å². The molecule has 1 aromatic carbocycles. The van der Waals surface area contributed by atoms with Crippen molar-refractivity contribution >= 4 is 11.7 Å². The van der Waals surface area contributed by atoms with E-state index in [1.54, 1.807) is 4.68 Å². The zero-order chi connectivity index (χ0) is 20.9. The maximum absolute atomic E-state index is 12.4. The van der Waals surface area contributed by atoms with Gasteiger partial charge >= 0.3 is 12.2 Å². The SMILES string of the molecule is COc1ccc(NC(=O)NCCc2c(C)nn(C)c2C)cc1OCC(F)(F)F. The molecule has 1 aromatic heterocycles. The second kappa shape index (κ2) is 8.85. The number of nitrogens with one attached hydrogen (secondary N) is 2. The van der Waals surface area contributed by atoms with Gasteiger partial charge in [0.15, 0.2) is 18.1 Å². The van der Waals surface area contributed by atoms with Gasteiger partial charge in [0.1, 0.15) is 0 Å². The van der Waals surface area contributed by atoms with Crippen LogP contribution in [0.15, 0.2) is 18.2 Å². The summed E-state index contributed by atoms with van der Waals surface area (Å²) in [6.07, 6.45) is -3.87. The fourth-order valence-electron chi connectivity index (χ4n) is 2.68. The number of rotatable bonds is 7. The molecule has 0 spiro atoms. The van der Waals surface area contributed by atoms with Crippen molar-refractivity contribution < 1.29 is 27.4 Å². The number of carbonyl (C=O) groups excluding carboxylic acids is 1. The van der Waals surface area contributed by atoms with Crippen molar-refractivity contribution in [1.29, 1.82) is 0 Å². The second-order valence-electron chi connectivity index (χ2n) is 6.17. The van der Waals surface area contributed by atoms with E-state index in [-0.39, 0.29) is 17.2 Å². The van der Waals surface area contributed by atoms with E-state index in [1.165, 1.54) is 25.3 Å². The van der Waals surface area contributed by atoms with E-state index in [0.717, 1.165) is 17.0 Å². The number of nitrogens with zero attached hydrogens (tertiary/aromatic N) is 2. The van der Waals surface area contributed by atoms with E-state index in [1.807, 2.05) is 20.9 Å². The molecule has 0 aliphatic rings. The van der Waals surface area contributed by atoms with Gasteiger partial charge in [-0.1, -0.05) is 0 Å². The Bertz CT molecular complexity index is 834. The predicted octanol–water partition coefficient (Wildman–Crippen LogP) is 3.35. The number of benzene rings is 1. The quantitative estimate of drug-likeness (QED) is 0.747. The molecule has 2 rings (SSSR count). The number of hydrogen-bond acceptors (Lipinski definition) is 4. The summed E-state index contributed by atoms with van der Waals surface area (Å²) in [5.41, 5.74) is 3.28. The lowest BCUT2D eigenvalue weighted by atomic mass is 10.1. The Hall–Kier alpha value is -2.91. The van der Waals surface area contributed by atoms with Gasteiger partial charge in [0.05, 0.1) is 12.8 Å². The molecule has 0 saturated carbocycles. The van der Waals surface area contributed by atoms with Crippen molar-refractivity contribution in [2.45, 2.75) is 26.4 Å². The minimum absolute atomic E-state index is 0.112. The number of amides is 2. The molecule has 0 unspecified atom stereocenters. The molecule has 0 aliphatic heterocycles. The number of halogens is 3. The number of aromatic nitrogens is 2. The summed E-state index contributed by atoms with van der Waals surface area (Å²) >= 11 is 0. The minimum atomic E-state index is -4.48. The molecule has 0 saturated heterocycles. The number of anilines is 1. The summed E-state index contributed by atoms with van der Waals surface area (Å²) in [6.45, 7) is 2.78. The van der Waals surface area contributed by atoms with Crippen LogP contribution < -0.4 is 20.1 Å². The lowest BCUT2D eigenvalue weighted by Gasteiger charge is -2.14. The monoisotopic (exact) mass is 400 g/mol. The van der Waals surface area contributed by atoms with Crippen molar-refractivity contribution in [3.05, 3.63) is 35.2 Å². The Morgan fingerprint density at radius 2 is 1.96 bits per heavy atom. The highest BCUT2D eigenvalue weighted by Crippen LogP contribution is 2.31. The Labute approximate surface area is 160 Å². The van der Waals surface area contributed by atoms with Crippen LogP contribution in [0.3, 0.4) is 0 Å². The van der Waals surface area contributed by atoms with Crippen molar-refractivity contribution in [3.8, 4) is 11.5 Å². The van der Waals surface area contributed by atoms with E-state index in [0.29, 0.717) is 13.0 Å². The number of urea groups is 1. The van der Waals surface area contributed by atoms with Crippen molar-refractivity contribution in [2.24, 2.45) is 7.05 Å². The van der Waals surface area contributed by atoms with Crippen LogP contribution in [0.2, 0.25) is 0 Å². The van der Waals surface area contributed by atoms with Crippen LogP contribution in [0, 0.1) is 13.8 Å². The summed E-state index contributed by atoms with van der Waals surface area (Å²) < 4.78 is 48.6.